The van der Waals surface area contributed by atoms with Crippen molar-refractivity contribution in [2.24, 2.45) is 0 Å². The summed E-state index contributed by atoms with van der Waals surface area (Å²) in [6, 6.07) is 10.2. The molecule has 27 heavy (non-hydrogen) atoms. The number of carbonyl (C=O) groups excluding carboxylic acids is 1. The van der Waals surface area contributed by atoms with Crippen LogP contribution in [-0.2, 0) is 19.4 Å². The zero-order chi connectivity index (χ0) is 19.6. The molecule has 0 spiro atoms. The lowest BCUT2D eigenvalue weighted by molar-refractivity contribution is -0.138. The zero-order valence-electron chi connectivity index (χ0n) is 15.3. The molecule has 1 heterocycles. The first kappa shape index (κ1) is 19.0. The van der Waals surface area contributed by atoms with Gasteiger partial charge in [-0.1, -0.05) is 12.1 Å². The van der Waals surface area contributed by atoms with Crippen molar-refractivity contribution < 1.29 is 27.4 Å². The van der Waals surface area contributed by atoms with E-state index >= 15 is 0 Å². The highest BCUT2D eigenvalue weighted by molar-refractivity contribution is 7.90. The summed E-state index contributed by atoms with van der Waals surface area (Å²) in [5.74, 6) is 0.797. The number of hydrogen-bond acceptors (Lipinski definition) is 6. The van der Waals surface area contributed by atoms with Crippen LogP contribution in [-0.4, -0.2) is 34.0 Å². The number of ether oxygens (including phenoxy) is 3. The number of benzene rings is 2. The number of rotatable bonds is 5. The highest BCUT2D eigenvalue weighted by Crippen LogP contribution is 2.39. The fourth-order valence-corrected chi connectivity index (χ4v) is 3.38. The first-order valence-electron chi connectivity index (χ1n) is 8.39. The molecule has 7 heteroatoms. The van der Waals surface area contributed by atoms with E-state index in [4.69, 9.17) is 14.2 Å². The number of hydrogen-bond donors (Lipinski definition) is 0. The molecule has 0 radical (unpaired) electrons. The fraction of sp³-hybridized carbons (Fsp3) is 0.250. The summed E-state index contributed by atoms with van der Waals surface area (Å²) in [6.07, 6.45) is 2.89. The van der Waals surface area contributed by atoms with E-state index in [9.17, 15) is 13.2 Å². The lowest BCUT2D eigenvalue weighted by atomic mass is 9.97. The Morgan fingerprint density at radius 2 is 1.78 bits per heavy atom. The van der Waals surface area contributed by atoms with Gasteiger partial charge in [-0.2, -0.15) is 0 Å². The molecule has 0 atom stereocenters. The molecule has 0 saturated heterocycles. The second-order valence-electron chi connectivity index (χ2n) is 6.14. The topological polar surface area (TPSA) is 78.9 Å². The van der Waals surface area contributed by atoms with Crippen LogP contribution >= 0.6 is 0 Å². The van der Waals surface area contributed by atoms with E-state index in [0.29, 0.717) is 23.7 Å². The van der Waals surface area contributed by atoms with Crippen LogP contribution in [0.2, 0.25) is 0 Å². The van der Waals surface area contributed by atoms with E-state index in [1.54, 1.807) is 50.3 Å². The summed E-state index contributed by atoms with van der Waals surface area (Å²) in [7, 11) is -3.28. The molecular weight excluding hydrogens is 368 g/mol. The van der Waals surface area contributed by atoms with Crippen molar-refractivity contribution in [3.05, 3.63) is 47.5 Å². The van der Waals surface area contributed by atoms with Gasteiger partial charge in [-0.25, -0.2) is 13.2 Å². The minimum absolute atomic E-state index is 0.131. The lowest BCUT2D eigenvalue weighted by Crippen LogP contribution is -2.05. The summed E-state index contributed by atoms with van der Waals surface area (Å²) < 4.78 is 39.3. The molecule has 0 saturated carbocycles. The van der Waals surface area contributed by atoms with Crippen molar-refractivity contribution in [1.29, 1.82) is 0 Å². The van der Waals surface area contributed by atoms with Gasteiger partial charge in [0.2, 0.25) is 6.79 Å². The van der Waals surface area contributed by atoms with Gasteiger partial charge in [0.25, 0.3) is 0 Å². The van der Waals surface area contributed by atoms with Gasteiger partial charge >= 0.3 is 5.97 Å². The SMILES string of the molecule is CCOC(=O)C(C)=Cc1cc2c(cc1-c1ccc(S(C)(=O)=O)cc1)OCO2. The Bertz CT molecular complexity index is 1000. The summed E-state index contributed by atoms with van der Waals surface area (Å²) in [6.45, 7) is 3.86. The Hall–Kier alpha value is -2.80. The number of esters is 1. The van der Waals surface area contributed by atoms with Crippen molar-refractivity contribution in [2.75, 3.05) is 19.7 Å². The average molecular weight is 388 g/mol. The van der Waals surface area contributed by atoms with Crippen LogP contribution in [0.4, 0.5) is 0 Å². The third-order valence-electron chi connectivity index (χ3n) is 4.11. The maximum Gasteiger partial charge on any atom is 0.333 e. The molecule has 0 fully saturated rings. The molecular formula is C20H20O6S. The quantitative estimate of drug-likeness (QED) is 0.577. The molecule has 6 nitrogen and oxygen atoms in total. The molecule has 2 aromatic carbocycles. The van der Waals surface area contributed by atoms with Crippen LogP contribution in [0.15, 0.2) is 46.9 Å². The molecule has 0 aromatic heterocycles. The zero-order valence-corrected chi connectivity index (χ0v) is 16.1. The van der Waals surface area contributed by atoms with Gasteiger partial charge < -0.3 is 14.2 Å². The molecule has 0 unspecified atom stereocenters. The van der Waals surface area contributed by atoms with Gasteiger partial charge in [0, 0.05) is 11.8 Å². The maximum absolute atomic E-state index is 12.0. The minimum atomic E-state index is -3.28. The molecule has 3 rings (SSSR count). The second kappa shape index (κ2) is 7.44. The van der Waals surface area contributed by atoms with Crippen LogP contribution in [0.1, 0.15) is 19.4 Å². The predicted molar refractivity (Wildman–Crippen MR) is 101 cm³/mol. The van der Waals surface area contributed by atoms with Gasteiger partial charge in [0.15, 0.2) is 21.3 Å². The minimum Gasteiger partial charge on any atom is -0.463 e. The Balaban J connectivity index is 2.09. The average Bonchev–Trinajstić information content (AvgIpc) is 3.08. The lowest BCUT2D eigenvalue weighted by Gasteiger charge is -2.10. The van der Waals surface area contributed by atoms with Crippen molar-refractivity contribution >= 4 is 21.9 Å². The highest BCUT2D eigenvalue weighted by Gasteiger charge is 2.19. The first-order valence-corrected chi connectivity index (χ1v) is 10.3. The predicted octanol–water partition coefficient (Wildman–Crippen LogP) is 3.45. The van der Waals surface area contributed by atoms with Crippen LogP contribution < -0.4 is 9.47 Å². The molecule has 0 bridgehead atoms. The summed E-state index contributed by atoms with van der Waals surface area (Å²) in [5.41, 5.74) is 2.79. The summed E-state index contributed by atoms with van der Waals surface area (Å²) >= 11 is 0. The van der Waals surface area contributed by atoms with E-state index in [2.05, 4.69) is 0 Å². The molecule has 1 aliphatic rings. The van der Waals surface area contributed by atoms with Gasteiger partial charge in [-0.05, 0) is 60.9 Å². The maximum atomic E-state index is 12.0. The van der Waals surface area contributed by atoms with Crippen molar-refractivity contribution in [2.45, 2.75) is 18.7 Å². The molecule has 0 aliphatic carbocycles. The number of sulfone groups is 1. The number of fused-ring (bicyclic) bond motifs is 1. The second-order valence-corrected chi connectivity index (χ2v) is 8.15. The normalized spacial score (nSPS) is 13.5. The Morgan fingerprint density at radius 3 is 2.37 bits per heavy atom. The summed E-state index contributed by atoms with van der Waals surface area (Å²) in [4.78, 5) is 12.2. The van der Waals surface area contributed by atoms with Gasteiger partial charge in [0.05, 0.1) is 11.5 Å². The van der Waals surface area contributed by atoms with Crippen LogP contribution in [0.5, 0.6) is 11.5 Å². The number of carbonyl (C=O) groups is 1. The van der Waals surface area contributed by atoms with E-state index in [1.807, 2.05) is 6.07 Å². The van der Waals surface area contributed by atoms with Gasteiger partial charge in [0.1, 0.15) is 0 Å². The Kier molecular flexibility index (Phi) is 5.23. The smallest absolute Gasteiger partial charge is 0.333 e. The van der Waals surface area contributed by atoms with Gasteiger partial charge in [-0.15, -0.1) is 0 Å². The Labute approximate surface area is 158 Å². The van der Waals surface area contributed by atoms with Crippen molar-refractivity contribution in [3.63, 3.8) is 0 Å². The standard InChI is InChI=1S/C20H20O6S/c1-4-24-20(21)13(2)9-15-10-18-19(26-12-25-18)11-17(15)14-5-7-16(8-6-14)27(3,22)23/h5-11H,4,12H2,1-3H3. The first-order chi connectivity index (χ1) is 12.8. The third kappa shape index (κ3) is 4.14. The van der Waals surface area contributed by atoms with Crippen molar-refractivity contribution in [1.82, 2.24) is 0 Å². The van der Waals surface area contributed by atoms with E-state index < -0.39 is 15.8 Å². The molecule has 2 aromatic rings. The molecule has 1 aliphatic heterocycles. The monoisotopic (exact) mass is 388 g/mol. The van der Waals surface area contributed by atoms with E-state index in [-0.39, 0.29) is 11.7 Å². The van der Waals surface area contributed by atoms with Crippen LogP contribution in [0.25, 0.3) is 17.2 Å². The fourth-order valence-electron chi connectivity index (χ4n) is 2.75. The van der Waals surface area contributed by atoms with Gasteiger partial charge in [-0.3, -0.25) is 0 Å². The Morgan fingerprint density at radius 1 is 1.15 bits per heavy atom. The molecule has 0 amide bonds. The summed E-state index contributed by atoms with van der Waals surface area (Å²) in [5, 5.41) is 0. The van der Waals surface area contributed by atoms with E-state index in [1.165, 1.54) is 6.26 Å². The van der Waals surface area contributed by atoms with Crippen molar-refractivity contribution in [3.8, 4) is 22.6 Å². The molecule has 0 N–H and O–H groups in total. The van der Waals surface area contributed by atoms with E-state index in [0.717, 1.165) is 16.7 Å². The molecule has 142 valence electrons. The highest BCUT2D eigenvalue weighted by atomic mass is 32.2. The van der Waals surface area contributed by atoms with Crippen LogP contribution in [0.3, 0.4) is 0 Å². The largest absolute Gasteiger partial charge is 0.463 e. The third-order valence-corrected chi connectivity index (χ3v) is 5.24. The van der Waals surface area contributed by atoms with Crippen LogP contribution in [0, 0.1) is 0 Å².